The first-order chi connectivity index (χ1) is 14.1. The Balaban J connectivity index is 1.37. The first-order valence-corrected chi connectivity index (χ1v) is 10.1. The Bertz CT molecular complexity index is 845. The Morgan fingerprint density at radius 1 is 1.10 bits per heavy atom. The van der Waals surface area contributed by atoms with Crippen molar-refractivity contribution in [2.45, 2.75) is 31.2 Å². The van der Waals surface area contributed by atoms with Crippen LogP contribution >= 0.6 is 0 Å². The van der Waals surface area contributed by atoms with Crippen LogP contribution in [0.1, 0.15) is 36.3 Å². The van der Waals surface area contributed by atoms with Gasteiger partial charge in [-0.25, -0.2) is 9.59 Å². The third kappa shape index (κ3) is 4.27. The zero-order valence-electron chi connectivity index (χ0n) is 16.2. The highest BCUT2D eigenvalue weighted by Crippen LogP contribution is 2.44. The van der Waals surface area contributed by atoms with E-state index in [0.717, 1.165) is 35.3 Å². The number of amides is 1. The second-order valence-electron chi connectivity index (χ2n) is 7.67. The standard InChI is InChI=1S/C23H25NO5/c25-22(26)21(10-9-15-11-12-28-13-15)24-23(27)29-14-20-18-7-3-1-5-16(18)17-6-2-4-8-19(17)20/h1-8,15,20-21H,9-14H2,(H,24,27)(H,25,26). The number of hydrogen-bond acceptors (Lipinski definition) is 4. The Morgan fingerprint density at radius 3 is 2.34 bits per heavy atom. The van der Waals surface area contributed by atoms with Crippen LogP contribution in [-0.4, -0.2) is 43.0 Å². The summed E-state index contributed by atoms with van der Waals surface area (Å²) in [4.78, 5) is 23.8. The second-order valence-corrected chi connectivity index (χ2v) is 7.67. The highest BCUT2D eigenvalue weighted by molar-refractivity contribution is 5.81. The largest absolute Gasteiger partial charge is 0.480 e. The smallest absolute Gasteiger partial charge is 0.407 e. The van der Waals surface area contributed by atoms with Gasteiger partial charge < -0.3 is 19.9 Å². The number of carboxylic acids is 1. The average molecular weight is 395 g/mol. The normalized spacial score (nSPS) is 18.7. The summed E-state index contributed by atoms with van der Waals surface area (Å²) in [5.41, 5.74) is 4.55. The van der Waals surface area contributed by atoms with Gasteiger partial charge in [-0.1, -0.05) is 48.5 Å². The number of aliphatic carboxylic acids is 1. The number of nitrogens with one attached hydrogen (secondary N) is 1. The van der Waals surface area contributed by atoms with Gasteiger partial charge in [-0.15, -0.1) is 0 Å². The van der Waals surface area contributed by atoms with E-state index in [9.17, 15) is 14.7 Å². The lowest BCUT2D eigenvalue weighted by Crippen LogP contribution is -2.41. The maximum absolute atomic E-state index is 12.3. The first kappa shape index (κ1) is 19.5. The average Bonchev–Trinajstić information content (AvgIpc) is 3.35. The third-order valence-electron chi connectivity index (χ3n) is 5.82. The molecule has 0 spiro atoms. The molecule has 1 heterocycles. The summed E-state index contributed by atoms with van der Waals surface area (Å²) < 4.78 is 10.8. The molecule has 2 aromatic rings. The van der Waals surface area contributed by atoms with Crippen LogP contribution in [0.15, 0.2) is 48.5 Å². The molecule has 1 aliphatic heterocycles. The predicted octanol–water partition coefficient (Wildman–Crippen LogP) is 3.80. The molecule has 1 amide bonds. The minimum Gasteiger partial charge on any atom is -0.480 e. The second kappa shape index (κ2) is 8.66. The molecule has 1 saturated heterocycles. The van der Waals surface area contributed by atoms with E-state index in [2.05, 4.69) is 17.4 Å². The van der Waals surface area contributed by atoms with Crippen LogP contribution < -0.4 is 5.32 Å². The molecular weight excluding hydrogens is 370 g/mol. The van der Waals surface area contributed by atoms with Gasteiger partial charge >= 0.3 is 12.1 Å². The summed E-state index contributed by atoms with van der Waals surface area (Å²) in [5, 5.41) is 11.9. The molecule has 0 aromatic heterocycles. The van der Waals surface area contributed by atoms with Crippen LogP contribution in [0.3, 0.4) is 0 Å². The monoisotopic (exact) mass is 395 g/mol. The van der Waals surface area contributed by atoms with Crippen LogP contribution in [0.4, 0.5) is 4.79 Å². The van der Waals surface area contributed by atoms with Crippen LogP contribution in [-0.2, 0) is 14.3 Å². The summed E-state index contributed by atoms with van der Waals surface area (Å²) in [7, 11) is 0. The van der Waals surface area contributed by atoms with Crippen molar-refractivity contribution < 1.29 is 24.2 Å². The molecule has 6 nitrogen and oxygen atoms in total. The first-order valence-electron chi connectivity index (χ1n) is 10.1. The number of carbonyl (C=O) groups is 2. The fourth-order valence-corrected chi connectivity index (χ4v) is 4.25. The van der Waals surface area contributed by atoms with Gasteiger partial charge in [0.2, 0.25) is 0 Å². The van der Waals surface area contributed by atoms with Crippen molar-refractivity contribution in [3.8, 4) is 11.1 Å². The fraction of sp³-hybridized carbons (Fsp3) is 0.391. The lowest BCUT2D eigenvalue weighted by Gasteiger charge is -2.18. The molecule has 2 aromatic carbocycles. The number of carbonyl (C=O) groups excluding carboxylic acids is 1. The Morgan fingerprint density at radius 2 is 1.76 bits per heavy atom. The maximum Gasteiger partial charge on any atom is 0.407 e. The molecule has 152 valence electrons. The number of benzene rings is 2. The van der Waals surface area contributed by atoms with Crippen molar-refractivity contribution in [3.05, 3.63) is 59.7 Å². The van der Waals surface area contributed by atoms with E-state index >= 15 is 0 Å². The van der Waals surface area contributed by atoms with Gasteiger partial charge in [0.05, 0.1) is 0 Å². The van der Waals surface area contributed by atoms with Crippen molar-refractivity contribution in [1.82, 2.24) is 5.32 Å². The van der Waals surface area contributed by atoms with E-state index < -0.39 is 18.1 Å². The third-order valence-corrected chi connectivity index (χ3v) is 5.82. The summed E-state index contributed by atoms with van der Waals surface area (Å²) in [6, 6.07) is 15.2. The fourth-order valence-electron chi connectivity index (χ4n) is 4.25. The number of carboxylic acid groups (broad SMARTS) is 1. The van der Waals surface area contributed by atoms with E-state index in [0.29, 0.717) is 25.4 Å². The Kier molecular flexibility index (Phi) is 5.81. The number of alkyl carbamates (subject to hydrolysis) is 1. The minimum atomic E-state index is -1.04. The highest BCUT2D eigenvalue weighted by atomic mass is 16.5. The van der Waals surface area contributed by atoms with Crippen molar-refractivity contribution in [3.63, 3.8) is 0 Å². The lowest BCUT2D eigenvalue weighted by atomic mass is 9.98. The van der Waals surface area contributed by atoms with Crippen molar-refractivity contribution >= 4 is 12.1 Å². The SMILES string of the molecule is O=C(NC(CCC1CCOC1)C(=O)O)OCC1c2ccccc2-c2ccccc21. The highest BCUT2D eigenvalue weighted by Gasteiger charge is 2.30. The van der Waals surface area contributed by atoms with Gasteiger partial charge in [-0.05, 0) is 47.4 Å². The molecule has 0 bridgehead atoms. The molecule has 2 aliphatic rings. The van der Waals surface area contributed by atoms with Crippen LogP contribution in [0, 0.1) is 5.92 Å². The van der Waals surface area contributed by atoms with Gasteiger partial charge in [0.1, 0.15) is 12.6 Å². The van der Waals surface area contributed by atoms with E-state index in [1.54, 1.807) is 0 Å². The van der Waals surface area contributed by atoms with Gasteiger partial charge in [0.25, 0.3) is 0 Å². The van der Waals surface area contributed by atoms with E-state index in [4.69, 9.17) is 9.47 Å². The summed E-state index contributed by atoms with van der Waals surface area (Å²) >= 11 is 0. The van der Waals surface area contributed by atoms with Gasteiger partial charge in [-0.3, -0.25) is 0 Å². The van der Waals surface area contributed by atoms with E-state index in [1.165, 1.54) is 0 Å². The summed E-state index contributed by atoms with van der Waals surface area (Å²) in [6.45, 7) is 1.56. The zero-order chi connectivity index (χ0) is 20.2. The number of fused-ring (bicyclic) bond motifs is 3. The number of rotatable bonds is 7. The maximum atomic E-state index is 12.3. The molecule has 6 heteroatoms. The van der Waals surface area contributed by atoms with Crippen molar-refractivity contribution in [2.75, 3.05) is 19.8 Å². The molecule has 2 unspecified atom stereocenters. The molecule has 4 rings (SSSR count). The summed E-state index contributed by atoms with van der Waals surface area (Å²) in [5.74, 6) is -0.731. The molecule has 2 N–H and O–H groups in total. The van der Waals surface area contributed by atoms with Gasteiger partial charge in [-0.2, -0.15) is 0 Å². The van der Waals surface area contributed by atoms with Gasteiger partial charge in [0.15, 0.2) is 0 Å². The van der Waals surface area contributed by atoms with Crippen molar-refractivity contribution in [1.29, 1.82) is 0 Å². The van der Waals surface area contributed by atoms with Crippen molar-refractivity contribution in [2.24, 2.45) is 5.92 Å². The number of ether oxygens (including phenoxy) is 2. The minimum absolute atomic E-state index is 0.0490. The Labute approximate surface area is 169 Å². The summed E-state index contributed by atoms with van der Waals surface area (Å²) in [6.07, 6.45) is 1.33. The number of hydrogen-bond donors (Lipinski definition) is 2. The van der Waals surface area contributed by atoms with Crippen LogP contribution in [0.25, 0.3) is 11.1 Å². The quantitative estimate of drug-likeness (QED) is 0.745. The molecule has 1 aliphatic carbocycles. The van der Waals surface area contributed by atoms with Gasteiger partial charge in [0, 0.05) is 19.1 Å². The van der Waals surface area contributed by atoms with Crippen LogP contribution in [0.2, 0.25) is 0 Å². The topological polar surface area (TPSA) is 84.9 Å². The molecule has 2 atom stereocenters. The van der Waals surface area contributed by atoms with E-state index in [-0.39, 0.29) is 12.5 Å². The molecule has 0 radical (unpaired) electrons. The lowest BCUT2D eigenvalue weighted by molar-refractivity contribution is -0.139. The molecule has 0 saturated carbocycles. The molecule has 1 fully saturated rings. The molecule has 29 heavy (non-hydrogen) atoms. The molecular formula is C23H25NO5. The van der Waals surface area contributed by atoms with Crippen LogP contribution in [0.5, 0.6) is 0 Å². The Hall–Kier alpha value is -2.86. The predicted molar refractivity (Wildman–Crippen MR) is 108 cm³/mol. The van der Waals surface area contributed by atoms with E-state index in [1.807, 2.05) is 36.4 Å². The zero-order valence-corrected chi connectivity index (χ0v) is 16.2.